The third-order valence-corrected chi connectivity index (χ3v) is 3.96. The van der Waals surface area contributed by atoms with Crippen LogP contribution >= 0.6 is 24.0 Å². The number of benzene rings is 2. The fourth-order valence-corrected chi connectivity index (χ4v) is 2.50. The lowest BCUT2D eigenvalue weighted by molar-refractivity contribution is -0.137. The molecule has 0 saturated heterocycles. The summed E-state index contributed by atoms with van der Waals surface area (Å²) in [4.78, 5) is 17.1. The summed E-state index contributed by atoms with van der Waals surface area (Å²) in [7, 11) is 3.42. The van der Waals surface area contributed by atoms with Crippen LogP contribution in [0.3, 0.4) is 0 Å². The van der Waals surface area contributed by atoms with Crippen LogP contribution in [-0.4, -0.2) is 30.9 Å². The Kier molecular flexibility index (Phi) is 8.73. The molecule has 0 aliphatic carbocycles. The zero-order valence-electron chi connectivity index (χ0n) is 15.5. The van der Waals surface area contributed by atoms with Gasteiger partial charge in [-0.1, -0.05) is 24.3 Å². The molecular formula is C19H22F3IN4O. The maximum absolute atomic E-state index is 12.6. The fraction of sp³-hybridized carbons (Fsp3) is 0.263. The van der Waals surface area contributed by atoms with Crippen molar-refractivity contribution >= 4 is 35.8 Å². The Bertz CT molecular complexity index is 805. The van der Waals surface area contributed by atoms with Gasteiger partial charge in [0.2, 0.25) is 5.91 Å². The summed E-state index contributed by atoms with van der Waals surface area (Å²) in [5.74, 6) is 0.107. The number of alkyl halides is 3. The van der Waals surface area contributed by atoms with Crippen LogP contribution in [0.5, 0.6) is 0 Å². The number of primary amides is 1. The highest BCUT2D eigenvalue weighted by atomic mass is 127. The van der Waals surface area contributed by atoms with Gasteiger partial charge in [-0.2, -0.15) is 13.2 Å². The smallest absolute Gasteiger partial charge is 0.366 e. The summed E-state index contributed by atoms with van der Waals surface area (Å²) < 4.78 is 37.9. The number of nitrogens with two attached hydrogens (primary N) is 1. The molecule has 2 aromatic carbocycles. The van der Waals surface area contributed by atoms with Crippen LogP contribution in [-0.2, 0) is 19.3 Å². The Morgan fingerprint density at radius 2 is 1.61 bits per heavy atom. The molecule has 28 heavy (non-hydrogen) atoms. The average Bonchev–Trinajstić information content (AvgIpc) is 2.62. The summed E-state index contributed by atoms with van der Waals surface area (Å²) in [5, 5.41) is 3.17. The largest absolute Gasteiger partial charge is 0.416 e. The van der Waals surface area contributed by atoms with Crippen molar-refractivity contribution in [2.75, 3.05) is 14.1 Å². The molecule has 152 valence electrons. The predicted octanol–water partition coefficient (Wildman–Crippen LogP) is 3.63. The minimum absolute atomic E-state index is 0. The second-order valence-electron chi connectivity index (χ2n) is 6.01. The first-order valence-electron chi connectivity index (χ1n) is 8.17. The van der Waals surface area contributed by atoms with Crippen molar-refractivity contribution in [3.8, 4) is 0 Å². The minimum atomic E-state index is -4.34. The number of aliphatic imine (C=N–C) groups is 1. The number of hydrogen-bond acceptors (Lipinski definition) is 2. The normalized spacial score (nSPS) is 11.5. The van der Waals surface area contributed by atoms with Crippen molar-refractivity contribution in [3.63, 3.8) is 0 Å². The van der Waals surface area contributed by atoms with Gasteiger partial charge in [0.05, 0.1) is 5.56 Å². The van der Waals surface area contributed by atoms with Gasteiger partial charge in [0.15, 0.2) is 5.96 Å². The minimum Gasteiger partial charge on any atom is -0.366 e. The van der Waals surface area contributed by atoms with Gasteiger partial charge >= 0.3 is 6.18 Å². The Morgan fingerprint density at radius 1 is 1.07 bits per heavy atom. The molecule has 0 heterocycles. The van der Waals surface area contributed by atoms with Crippen molar-refractivity contribution in [2.45, 2.75) is 19.3 Å². The SMILES string of the molecule is CN=C(NCc1ccc(C(N)=O)cc1)N(C)Cc1ccc(C(F)(F)F)cc1.I. The number of nitrogens with one attached hydrogen (secondary N) is 1. The number of halogens is 4. The molecule has 5 nitrogen and oxygen atoms in total. The van der Waals surface area contributed by atoms with Gasteiger partial charge in [0.1, 0.15) is 0 Å². The quantitative estimate of drug-likeness (QED) is 0.370. The van der Waals surface area contributed by atoms with Gasteiger partial charge in [-0.3, -0.25) is 9.79 Å². The van der Waals surface area contributed by atoms with E-state index in [4.69, 9.17) is 5.73 Å². The molecule has 1 amide bonds. The lowest BCUT2D eigenvalue weighted by Crippen LogP contribution is -2.38. The van der Waals surface area contributed by atoms with Crippen LogP contribution in [0.1, 0.15) is 27.0 Å². The van der Waals surface area contributed by atoms with Gasteiger partial charge in [-0.05, 0) is 35.4 Å². The molecule has 0 aliphatic heterocycles. The lowest BCUT2D eigenvalue weighted by Gasteiger charge is -2.22. The molecule has 0 unspecified atom stereocenters. The highest BCUT2D eigenvalue weighted by Crippen LogP contribution is 2.29. The molecule has 0 bridgehead atoms. The standard InChI is InChI=1S/C19H21F3N4O.HI/c1-24-18(25-11-13-3-7-15(8-4-13)17(23)27)26(2)12-14-5-9-16(10-6-14)19(20,21)22;/h3-10H,11-12H2,1-2H3,(H2,23,27)(H,24,25);1H. The second kappa shape index (κ2) is 10.3. The van der Waals surface area contributed by atoms with Crippen molar-refractivity contribution in [1.29, 1.82) is 0 Å². The van der Waals surface area contributed by atoms with Gasteiger partial charge in [0.25, 0.3) is 0 Å². The van der Waals surface area contributed by atoms with Crippen LogP contribution in [0.25, 0.3) is 0 Å². The van der Waals surface area contributed by atoms with Crippen molar-refractivity contribution in [3.05, 3.63) is 70.8 Å². The molecule has 0 radical (unpaired) electrons. The number of rotatable bonds is 5. The number of carbonyl (C=O) groups excluding carboxylic acids is 1. The Balaban J connectivity index is 0.00000392. The topological polar surface area (TPSA) is 70.7 Å². The highest BCUT2D eigenvalue weighted by Gasteiger charge is 2.29. The van der Waals surface area contributed by atoms with E-state index < -0.39 is 17.6 Å². The molecule has 2 aromatic rings. The Morgan fingerprint density at radius 3 is 2.07 bits per heavy atom. The molecule has 0 aromatic heterocycles. The van der Waals surface area contributed by atoms with E-state index in [0.29, 0.717) is 24.6 Å². The van der Waals surface area contributed by atoms with Crippen molar-refractivity contribution in [2.24, 2.45) is 10.7 Å². The zero-order chi connectivity index (χ0) is 20.0. The van der Waals surface area contributed by atoms with Gasteiger partial charge < -0.3 is 16.0 Å². The first-order valence-corrected chi connectivity index (χ1v) is 8.17. The van der Waals surface area contributed by atoms with E-state index in [1.54, 1.807) is 43.3 Å². The van der Waals surface area contributed by atoms with Crippen molar-refractivity contribution in [1.82, 2.24) is 10.2 Å². The van der Waals surface area contributed by atoms with Gasteiger partial charge in [-0.25, -0.2) is 0 Å². The number of amides is 1. The molecule has 3 N–H and O–H groups in total. The van der Waals surface area contributed by atoms with Gasteiger partial charge in [-0.15, -0.1) is 24.0 Å². The molecule has 2 rings (SSSR count). The number of hydrogen-bond donors (Lipinski definition) is 2. The lowest BCUT2D eigenvalue weighted by atomic mass is 10.1. The van der Waals surface area contributed by atoms with E-state index in [1.807, 2.05) is 0 Å². The predicted molar refractivity (Wildman–Crippen MR) is 113 cm³/mol. The number of carbonyl (C=O) groups is 1. The summed E-state index contributed by atoms with van der Waals surface area (Å²) in [6, 6.07) is 11.9. The molecule has 9 heteroatoms. The van der Waals surface area contributed by atoms with E-state index in [1.165, 1.54) is 12.1 Å². The molecule has 0 spiro atoms. The molecular weight excluding hydrogens is 484 g/mol. The third kappa shape index (κ3) is 6.70. The van der Waals surface area contributed by atoms with Crippen LogP contribution in [0.4, 0.5) is 13.2 Å². The van der Waals surface area contributed by atoms with Crippen LogP contribution in [0.2, 0.25) is 0 Å². The third-order valence-electron chi connectivity index (χ3n) is 3.96. The van der Waals surface area contributed by atoms with Crippen LogP contribution < -0.4 is 11.1 Å². The molecule has 0 fully saturated rings. The maximum Gasteiger partial charge on any atom is 0.416 e. The van der Waals surface area contributed by atoms with Crippen molar-refractivity contribution < 1.29 is 18.0 Å². The Hall–Kier alpha value is -2.30. The van der Waals surface area contributed by atoms with Crippen LogP contribution in [0.15, 0.2) is 53.5 Å². The summed E-state index contributed by atoms with van der Waals surface area (Å²) in [6.45, 7) is 0.876. The van der Waals surface area contributed by atoms with E-state index in [2.05, 4.69) is 10.3 Å². The Labute approximate surface area is 178 Å². The van der Waals surface area contributed by atoms with E-state index in [0.717, 1.165) is 23.3 Å². The zero-order valence-corrected chi connectivity index (χ0v) is 17.8. The average molecular weight is 506 g/mol. The first-order chi connectivity index (χ1) is 12.7. The van der Waals surface area contributed by atoms with E-state index in [-0.39, 0.29) is 24.0 Å². The van der Waals surface area contributed by atoms with E-state index in [9.17, 15) is 18.0 Å². The molecule has 0 saturated carbocycles. The highest BCUT2D eigenvalue weighted by molar-refractivity contribution is 14.0. The molecule has 0 atom stereocenters. The summed E-state index contributed by atoms with van der Waals surface area (Å²) in [5.41, 5.74) is 6.64. The van der Waals surface area contributed by atoms with Gasteiger partial charge in [0, 0.05) is 32.7 Å². The monoisotopic (exact) mass is 506 g/mol. The molecule has 0 aliphatic rings. The maximum atomic E-state index is 12.6. The van der Waals surface area contributed by atoms with Crippen LogP contribution in [0, 0.1) is 0 Å². The fourth-order valence-electron chi connectivity index (χ4n) is 2.50. The number of nitrogens with zero attached hydrogens (tertiary/aromatic N) is 2. The number of guanidine groups is 1. The second-order valence-corrected chi connectivity index (χ2v) is 6.01. The summed E-state index contributed by atoms with van der Waals surface area (Å²) in [6.07, 6.45) is -4.34. The first kappa shape index (κ1) is 23.7. The summed E-state index contributed by atoms with van der Waals surface area (Å²) >= 11 is 0. The van der Waals surface area contributed by atoms with E-state index >= 15 is 0 Å².